The summed E-state index contributed by atoms with van der Waals surface area (Å²) in [4.78, 5) is 37.9. The van der Waals surface area contributed by atoms with Crippen molar-refractivity contribution < 1.29 is 32.6 Å². The topological polar surface area (TPSA) is 130 Å². The van der Waals surface area contributed by atoms with Gasteiger partial charge in [-0.1, -0.05) is 48.5 Å². The Morgan fingerprint density at radius 2 is 1.62 bits per heavy atom. The molecule has 0 saturated heterocycles. The normalized spacial score (nSPS) is 13.5. The molecule has 0 bridgehead atoms. The van der Waals surface area contributed by atoms with Crippen molar-refractivity contribution in [2.75, 3.05) is 31.7 Å². The van der Waals surface area contributed by atoms with Crippen LogP contribution in [-0.4, -0.2) is 74.1 Å². The molecular formula is C24H28N2O7S. The standard InChI is InChI=1S/C24H28N2O7S/c1-3-26(12-13-34(2,31)32)23(29)21(14-22(27)28)25-24(30)33-15-20-18-10-6-4-8-16(18)17-9-5-7-11-19(17)20/h4-11,20-21H,3,12-15H2,1-2H3,(H,25,30)(H,27,28). The number of fused-ring (bicyclic) bond motifs is 3. The number of carbonyl (C=O) groups excluding carboxylic acids is 2. The average Bonchev–Trinajstić information content (AvgIpc) is 3.10. The zero-order valence-corrected chi connectivity index (χ0v) is 19.9. The van der Waals surface area contributed by atoms with Crippen molar-refractivity contribution in [2.45, 2.75) is 25.3 Å². The molecule has 2 N–H and O–H groups in total. The van der Waals surface area contributed by atoms with Crippen LogP contribution in [0.5, 0.6) is 0 Å². The van der Waals surface area contributed by atoms with E-state index in [1.165, 1.54) is 4.90 Å². The summed E-state index contributed by atoms with van der Waals surface area (Å²) in [6.07, 6.45) is -0.520. The van der Waals surface area contributed by atoms with Gasteiger partial charge in [0.25, 0.3) is 0 Å². The second-order valence-electron chi connectivity index (χ2n) is 8.17. The first-order chi connectivity index (χ1) is 16.1. The fourth-order valence-corrected chi connectivity index (χ4v) is 4.63. The SMILES string of the molecule is CCN(CCS(C)(=O)=O)C(=O)C(CC(=O)O)NC(=O)OCC1c2ccccc2-c2ccccc21. The predicted octanol–water partition coefficient (Wildman–Crippen LogP) is 2.26. The van der Waals surface area contributed by atoms with Crippen LogP contribution in [0.25, 0.3) is 11.1 Å². The van der Waals surface area contributed by atoms with Crippen molar-refractivity contribution in [1.82, 2.24) is 10.2 Å². The average molecular weight is 489 g/mol. The lowest BCUT2D eigenvalue weighted by atomic mass is 9.98. The van der Waals surface area contributed by atoms with E-state index in [1.807, 2.05) is 48.5 Å². The third-order valence-corrected chi connectivity index (χ3v) is 6.66. The summed E-state index contributed by atoms with van der Waals surface area (Å²) in [6.45, 7) is 1.72. The number of benzene rings is 2. The van der Waals surface area contributed by atoms with E-state index >= 15 is 0 Å². The van der Waals surface area contributed by atoms with E-state index in [9.17, 15) is 27.9 Å². The highest BCUT2D eigenvalue weighted by Crippen LogP contribution is 2.44. The van der Waals surface area contributed by atoms with Crippen LogP contribution in [0.4, 0.5) is 4.79 Å². The van der Waals surface area contributed by atoms with Crippen molar-refractivity contribution in [3.63, 3.8) is 0 Å². The van der Waals surface area contributed by atoms with Gasteiger partial charge in [0.15, 0.2) is 0 Å². The molecule has 1 aliphatic carbocycles. The minimum Gasteiger partial charge on any atom is -0.481 e. The van der Waals surface area contributed by atoms with E-state index < -0.39 is 40.3 Å². The number of aliphatic carboxylic acids is 1. The molecular weight excluding hydrogens is 460 g/mol. The van der Waals surface area contributed by atoms with E-state index in [4.69, 9.17) is 4.74 Å². The van der Waals surface area contributed by atoms with Gasteiger partial charge in [-0.05, 0) is 29.2 Å². The van der Waals surface area contributed by atoms with E-state index in [0.717, 1.165) is 28.5 Å². The molecule has 3 rings (SSSR count). The van der Waals surface area contributed by atoms with Gasteiger partial charge >= 0.3 is 12.1 Å². The van der Waals surface area contributed by atoms with Crippen LogP contribution in [0.15, 0.2) is 48.5 Å². The molecule has 0 aliphatic heterocycles. The number of amides is 2. The van der Waals surface area contributed by atoms with Gasteiger partial charge in [0.05, 0.1) is 12.2 Å². The van der Waals surface area contributed by atoms with Crippen molar-refractivity contribution in [3.8, 4) is 11.1 Å². The Balaban J connectivity index is 1.68. The first kappa shape index (κ1) is 25.2. The third kappa shape index (κ3) is 6.13. The molecule has 0 fully saturated rings. The molecule has 0 aromatic heterocycles. The summed E-state index contributed by atoms with van der Waals surface area (Å²) in [6, 6.07) is 14.3. The van der Waals surface area contributed by atoms with Gasteiger partial charge in [0.2, 0.25) is 5.91 Å². The predicted molar refractivity (Wildman–Crippen MR) is 126 cm³/mol. The quantitative estimate of drug-likeness (QED) is 0.525. The molecule has 0 saturated carbocycles. The van der Waals surface area contributed by atoms with Gasteiger partial charge in [-0.15, -0.1) is 0 Å². The van der Waals surface area contributed by atoms with Gasteiger partial charge < -0.3 is 20.1 Å². The number of sulfone groups is 1. The molecule has 0 radical (unpaired) electrons. The summed E-state index contributed by atoms with van der Waals surface area (Å²) in [7, 11) is -3.32. The molecule has 2 aromatic rings. The summed E-state index contributed by atoms with van der Waals surface area (Å²) < 4.78 is 28.3. The number of hydrogen-bond acceptors (Lipinski definition) is 6. The Labute approximate surface area is 198 Å². The van der Waals surface area contributed by atoms with Gasteiger partial charge in [-0.3, -0.25) is 9.59 Å². The number of carboxylic acids is 1. The largest absolute Gasteiger partial charge is 0.481 e. The smallest absolute Gasteiger partial charge is 0.407 e. The lowest BCUT2D eigenvalue weighted by molar-refractivity contribution is -0.142. The lowest BCUT2D eigenvalue weighted by Gasteiger charge is -2.26. The van der Waals surface area contributed by atoms with E-state index in [2.05, 4.69) is 5.32 Å². The Bertz CT molecular complexity index is 1130. The van der Waals surface area contributed by atoms with E-state index in [-0.39, 0.29) is 31.4 Å². The molecule has 1 aliphatic rings. The van der Waals surface area contributed by atoms with Crippen LogP contribution in [0, 0.1) is 0 Å². The molecule has 1 atom stereocenters. The van der Waals surface area contributed by atoms with Gasteiger partial charge in [-0.25, -0.2) is 13.2 Å². The van der Waals surface area contributed by atoms with Crippen LogP contribution >= 0.6 is 0 Å². The van der Waals surface area contributed by atoms with Crippen molar-refractivity contribution in [3.05, 3.63) is 59.7 Å². The first-order valence-corrected chi connectivity index (χ1v) is 13.0. The van der Waals surface area contributed by atoms with Gasteiger partial charge in [0, 0.05) is 25.3 Å². The first-order valence-electron chi connectivity index (χ1n) is 10.9. The molecule has 1 unspecified atom stereocenters. The Morgan fingerprint density at radius 1 is 1.06 bits per heavy atom. The molecule has 0 heterocycles. The maximum Gasteiger partial charge on any atom is 0.407 e. The number of alkyl carbamates (subject to hydrolysis) is 1. The number of nitrogens with zero attached hydrogens (tertiary/aromatic N) is 1. The molecule has 9 nitrogen and oxygen atoms in total. The van der Waals surface area contributed by atoms with Crippen LogP contribution < -0.4 is 5.32 Å². The highest BCUT2D eigenvalue weighted by atomic mass is 32.2. The second-order valence-corrected chi connectivity index (χ2v) is 10.4. The van der Waals surface area contributed by atoms with Crippen molar-refractivity contribution in [1.29, 1.82) is 0 Å². The highest BCUT2D eigenvalue weighted by molar-refractivity contribution is 7.90. The summed E-state index contributed by atoms with van der Waals surface area (Å²) in [5.41, 5.74) is 4.17. The maximum absolute atomic E-state index is 12.8. The minimum atomic E-state index is -3.32. The molecule has 0 spiro atoms. The fourth-order valence-electron chi connectivity index (χ4n) is 4.08. The summed E-state index contributed by atoms with van der Waals surface area (Å²) in [5, 5.41) is 11.6. The third-order valence-electron chi connectivity index (χ3n) is 5.74. The molecule has 34 heavy (non-hydrogen) atoms. The second kappa shape index (κ2) is 10.7. The van der Waals surface area contributed by atoms with Crippen LogP contribution in [0.1, 0.15) is 30.4 Å². The number of likely N-dealkylation sites (N-methyl/N-ethyl adjacent to an activating group) is 1. The number of carboxylic acid groups (broad SMARTS) is 1. The molecule has 2 aromatic carbocycles. The van der Waals surface area contributed by atoms with Crippen LogP contribution in [0.2, 0.25) is 0 Å². The number of ether oxygens (including phenoxy) is 1. The van der Waals surface area contributed by atoms with E-state index in [1.54, 1.807) is 6.92 Å². The van der Waals surface area contributed by atoms with Crippen molar-refractivity contribution >= 4 is 27.8 Å². The fraction of sp³-hybridized carbons (Fsp3) is 0.375. The maximum atomic E-state index is 12.8. The highest BCUT2D eigenvalue weighted by Gasteiger charge is 2.31. The monoisotopic (exact) mass is 488 g/mol. The number of carbonyl (C=O) groups is 3. The number of nitrogens with one attached hydrogen (secondary N) is 1. The Hall–Kier alpha value is -3.40. The summed E-state index contributed by atoms with van der Waals surface area (Å²) in [5.74, 6) is -2.41. The van der Waals surface area contributed by atoms with Gasteiger partial charge in [-0.2, -0.15) is 0 Å². The van der Waals surface area contributed by atoms with E-state index in [0.29, 0.717) is 0 Å². The summed E-state index contributed by atoms with van der Waals surface area (Å²) >= 11 is 0. The Kier molecular flexibility index (Phi) is 7.93. The van der Waals surface area contributed by atoms with Crippen LogP contribution in [0.3, 0.4) is 0 Å². The number of rotatable bonds is 10. The number of hydrogen-bond donors (Lipinski definition) is 2. The minimum absolute atomic E-state index is 0.0133. The zero-order valence-electron chi connectivity index (χ0n) is 19.1. The molecule has 182 valence electrons. The van der Waals surface area contributed by atoms with Crippen molar-refractivity contribution in [2.24, 2.45) is 0 Å². The zero-order chi connectivity index (χ0) is 24.9. The van der Waals surface area contributed by atoms with Crippen LogP contribution in [-0.2, 0) is 24.2 Å². The molecule has 2 amide bonds. The Morgan fingerprint density at radius 3 is 2.12 bits per heavy atom. The molecule has 10 heteroatoms. The lowest BCUT2D eigenvalue weighted by Crippen LogP contribution is -2.50. The van der Waals surface area contributed by atoms with Gasteiger partial charge in [0.1, 0.15) is 22.5 Å².